The third kappa shape index (κ3) is 3.47. The lowest BCUT2D eigenvalue weighted by molar-refractivity contribution is 0.0697. The molecular weight excluding hydrogens is 240 g/mol. The SMILES string of the molecule is Cc1ccc(C(=O)O)cc1NCC1CCCCN1C. The Morgan fingerprint density at radius 3 is 2.95 bits per heavy atom. The van der Waals surface area contributed by atoms with E-state index in [1.54, 1.807) is 12.1 Å². The number of anilines is 1. The van der Waals surface area contributed by atoms with E-state index < -0.39 is 5.97 Å². The van der Waals surface area contributed by atoms with Crippen LogP contribution in [0, 0.1) is 6.92 Å². The van der Waals surface area contributed by atoms with E-state index in [2.05, 4.69) is 17.3 Å². The van der Waals surface area contributed by atoms with Crippen molar-refractivity contribution in [2.75, 3.05) is 25.5 Å². The van der Waals surface area contributed by atoms with Crippen LogP contribution in [-0.2, 0) is 0 Å². The molecule has 0 spiro atoms. The minimum atomic E-state index is -0.877. The molecule has 1 aliphatic heterocycles. The first-order chi connectivity index (χ1) is 9.08. The Bertz CT molecular complexity index is 459. The fourth-order valence-corrected chi connectivity index (χ4v) is 2.58. The Hall–Kier alpha value is -1.55. The lowest BCUT2D eigenvalue weighted by Crippen LogP contribution is -2.40. The number of hydrogen-bond acceptors (Lipinski definition) is 3. The van der Waals surface area contributed by atoms with Gasteiger partial charge in [0.05, 0.1) is 5.56 Å². The minimum absolute atomic E-state index is 0.338. The first-order valence-electron chi connectivity index (χ1n) is 6.86. The summed E-state index contributed by atoms with van der Waals surface area (Å²) in [4.78, 5) is 13.4. The fourth-order valence-electron chi connectivity index (χ4n) is 2.58. The number of aryl methyl sites for hydroxylation is 1. The number of carboxylic acids is 1. The average Bonchev–Trinajstić information content (AvgIpc) is 2.39. The Morgan fingerprint density at radius 1 is 1.47 bits per heavy atom. The number of hydrogen-bond donors (Lipinski definition) is 2. The van der Waals surface area contributed by atoms with Crippen LogP contribution in [0.4, 0.5) is 5.69 Å². The van der Waals surface area contributed by atoms with Crippen LogP contribution in [-0.4, -0.2) is 42.2 Å². The highest BCUT2D eigenvalue weighted by Gasteiger charge is 2.18. The standard InChI is InChI=1S/C15H22N2O2/c1-11-6-7-12(15(18)19)9-14(11)16-10-13-5-3-4-8-17(13)2/h6-7,9,13,16H,3-5,8,10H2,1-2H3,(H,18,19). The molecule has 0 amide bonds. The highest BCUT2D eigenvalue weighted by Crippen LogP contribution is 2.19. The number of rotatable bonds is 4. The third-order valence-electron chi connectivity index (χ3n) is 3.93. The molecule has 4 nitrogen and oxygen atoms in total. The smallest absolute Gasteiger partial charge is 0.335 e. The summed E-state index contributed by atoms with van der Waals surface area (Å²) in [6.45, 7) is 4.03. The van der Waals surface area contributed by atoms with E-state index in [9.17, 15) is 4.79 Å². The van der Waals surface area contributed by atoms with E-state index >= 15 is 0 Å². The van der Waals surface area contributed by atoms with Crippen molar-refractivity contribution < 1.29 is 9.90 Å². The molecule has 1 atom stereocenters. The zero-order valence-electron chi connectivity index (χ0n) is 11.6. The predicted molar refractivity (Wildman–Crippen MR) is 76.9 cm³/mol. The maximum Gasteiger partial charge on any atom is 0.335 e. The molecule has 2 rings (SSSR count). The van der Waals surface area contributed by atoms with Gasteiger partial charge in [-0.2, -0.15) is 0 Å². The van der Waals surface area contributed by atoms with Gasteiger partial charge in [-0.1, -0.05) is 12.5 Å². The molecule has 4 heteroatoms. The predicted octanol–water partition coefficient (Wildman–Crippen LogP) is 2.59. The molecule has 1 fully saturated rings. The molecule has 0 aliphatic carbocycles. The topological polar surface area (TPSA) is 52.6 Å². The van der Waals surface area contributed by atoms with Crippen LogP contribution in [0.2, 0.25) is 0 Å². The Balaban J connectivity index is 2.02. The van der Waals surface area contributed by atoms with Gasteiger partial charge in [0, 0.05) is 18.3 Å². The molecule has 1 unspecified atom stereocenters. The van der Waals surface area contributed by atoms with Crippen LogP contribution < -0.4 is 5.32 Å². The maximum atomic E-state index is 11.0. The van der Waals surface area contributed by atoms with E-state index in [-0.39, 0.29) is 0 Å². The number of aromatic carboxylic acids is 1. The number of likely N-dealkylation sites (N-methyl/N-ethyl adjacent to an activating group) is 1. The summed E-state index contributed by atoms with van der Waals surface area (Å²) in [6, 6.07) is 5.77. The third-order valence-corrected chi connectivity index (χ3v) is 3.93. The Labute approximate surface area is 114 Å². The molecule has 1 saturated heterocycles. The second kappa shape index (κ2) is 6.06. The van der Waals surface area contributed by atoms with Crippen LogP contribution in [0.1, 0.15) is 35.2 Å². The van der Waals surface area contributed by atoms with Gasteiger partial charge in [-0.15, -0.1) is 0 Å². The van der Waals surface area contributed by atoms with Crippen molar-refractivity contribution in [2.24, 2.45) is 0 Å². The van der Waals surface area contributed by atoms with Crippen molar-refractivity contribution in [1.82, 2.24) is 4.90 Å². The summed E-state index contributed by atoms with van der Waals surface area (Å²) in [5.41, 5.74) is 2.35. The number of benzene rings is 1. The van der Waals surface area contributed by atoms with E-state index in [1.165, 1.54) is 19.3 Å². The van der Waals surface area contributed by atoms with E-state index in [1.807, 2.05) is 13.0 Å². The summed E-state index contributed by atoms with van der Waals surface area (Å²) in [6.07, 6.45) is 3.77. The molecule has 2 N–H and O–H groups in total. The van der Waals surface area contributed by atoms with Crippen molar-refractivity contribution >= 4 is 11.7 Å². The van der Waals surface area contributed by atoms with Gasteiger partial charge in [0.25, 0.3) is 0 Å². The molecule has 0 bridgehead atoms. The molecule has 1 aromatic rings. The highest BCUT2D eigenvalue weighted by molar-refractivity contribution is 5.89. The van der Waals surface area contributed by atoms with Gasteiger partial charge in [-0.3, -0.25) is 0 Å². The van der Waals surface area contributed by atoms with Gasteiger partial charge in [-0.25, -0.2) is 4.79 Å². The lowest BCUT2D eigenvalue weighted by Gasteiger charge is -2.33. The molecule has 1 heterocycles. The summed E-state index contributed by atoms with van der Waals surface area (Å²) < 4.78 is 0. The summed E-state index contributed by atoms with van der Waals surface area (Å²) in [7, 11) is 2.16. The Kier molecular flexibility index (Phi) is 4.43. The highest BCUT2D eigenvalue weighted by atomic mass is 16.4. The van der Waals surface area contributed by atoms with Crippen LogP contribution >= 0.6 is 0 Å². The second-order valence-corrected chi connectivity index (χ2v) is 5.35. The first-order valence-corrected chi connectivity index (χ1v) is 6.86. The van der Waals surface area contributed by atoms with E-state index in [4.69, 9.17) is 5.11 Å². The normalized spacial score (nSPS) is 20.2. The molecule has 19 heavy (non-hydrogen) atoms. The zero-order chi connectivity index (χ0) is 13.8. The first kappa shape index (κ1) is 13.9. The molecule has 0 saturated carbocycles. The second-order valence-electron chi connectivity index (χ2n) is 5.35. The van der Waals surface area contributed by atoms with Crippen molar-refractivity contribution in [3.05, 3.63) is 29.3 Å². The summed E-state index contributed by atoms with van der Waals surface area (Å²) in [5.74, 6) is -0.877. The van der Waals surface area contributed by atoms with Crippen molar-refractivity contribution in [3.63, 3.8) is 0 Å². The molecule has 104 valence electrons. The van der Waals surface area contributed by atoms with Crippen LogP contribution in [0.15, 0.2) is 18.2 Å². The number of carboxylic acid groups (broad SMARTS) is 1. The monoisotopic (exact) mass is 262 g/mol. The number of nitrogens with zero attached hydrogens (tertiary/aromatic N) is 1. The summed E-state index contributed by atoms with van der Waals surface area (Å²) >= 11 is 0. The van der Waals surface area contributed by atoms with Gasteiger partial charge < -0.3 is 15.3 Å². The zero-order valence-corrected chi connectivity index (χ0v) is 11.6. The quantitative estimate of drug-likeness (QED) is 0.875. The number of piperidine rings is 1. The van der Waals surface area contributed by atoms with Crippen LogP contribution in [0.5, 0.6) is 0 Å². The van der Waals surface area contributed by atoms with Gasteiger partial charge in [0.15, 0.2) is 0 Å². The number of nitrogens with one attached hydrogen (secondary N) is 1. The lowest BCUT2D eigenvalue weighted by atomic mass is 10.0. The summed E-state index contributed by atoms with van der Waals surface area (Å²) in [5, 5.41) is 12.4. The van der Waals surface area contributed by atoms with Gasteiger partial charge in [-0.05, 0) is 51.1 Å². The number of carbonyl (C=O) groups is 1. The molecule has 1 aromatic carbocycles. The molecule has 0 aromatic heterocycles. The van der Waals surface area contributed by atoms with Crippen molar-refractivity contribution in [3.8, 4) is 0 Å². The van der Waals surface area contributed by atoms with Crippen LogP contribution in [0.3, 0.4) is 0 Å². The maximum absolute atomic E-state index is 11.0. The molecular formula is C15H22N2O2. The minimum Gasteiger partial charge on any atom is -0.478 e. The van der Waals surface area contributed by atoms with Crippen LogP contribution in [0.25, 0.3) is 0 Å². The largest absolute Gasteiger partial charge is 0.478 e. The average molecular weight is 262 g/mol. The fraction of sp³-hybridized carbons (Fsp3) is 0.533. The Morgan fingerprint density at radius 2 is 2.26 bits per heavy atom. The van der Waals surface area contributed by atoms with E-state index in [0.717, 1.165) is 24.3 Å². The molecule has 0 radical (unpaired) electrons. The van der Waals surface area contributed by atoms with Gasteiger partial charge >= 0.3 is 5.97 Å². The van der Waals surface area contributed by atoms with Crippen molar-refractivity contribution in [1.29, 1.82) is 0 Å². The number of likely N-dealkylation sites (tertiary alicyclic amines) is 1. The van der Waals surface area contributed by atoms with Crippen molar-refractivity contribution in [2.45, 2.75) is 32.2 Å². The molecule has 1 aliphatic rings. The van der Waals surface area contributed by atoms with Gasteiger partial charge in [0.1, 0.15) is 0 Å². The van der Waals surface area contributed by atoms with E-state index in [0.29, 0.717) is 11.6 Å². The van der Waals surface area contributed by atoms with Gasteiger partial charge in [0.2, 0.25) is 0 Å².